The summed E-state index contributed by atoms with van der Waals surface area (Å²) < 4.78 is 13.1. The summed E-state index contributed by atoms with van der Waals surface area (Å²) >= 11 is 0. The van der Waals surface area contributed by atoms with Gasteiger partial charge in [0.25, 0.3) is 0 Å². The molecule has 0 fully saturated rings. The van der Waals surface area contributed by atoms with E-state index in [1.54, 1.807) is 12.1 Å². The zero-order valence-corrected chi connectivity index (χ0v) is 12.8. The minimum Gasteiger partial charge on any atom is -0.381 e. The van der Waals surface area contributed by atoms with Crippen molar-refractivity contribution in [3.63, 3.8) is 0 Å². The first kappa shape index (κ1) is 15.5. The van der Waals surface area contributed by atoms with E-state index in [0.717, 1.165) is 30.9 Å². The van der Waals surface area contributed by atoms with E-state index in [4.69, 9.17) is 0 Å². The topological polar surface area (TPSA) is 15.3 Å². The van der Waals surface area contributed by atoms with Gasteiger partial charge in [-0.25, -0.2) is 4.39 Å². The van der Waals surface area contributed by atoms with Crippen LogP contribution < -0.4 is 5.32 Å². The Labute approximate surface area is 126 Å². The molecule has 2 nitrogen and oxygen atoms in total. The van der Waals surface area contributed by atoms with Gasteiger partial charge in [-0.2, -0.15) is 0 Å². The number of nitrogens with zero attached hydrogens (tertiary/aromatic N) is 1. The predicted octanol–water partition coefficient (Wildman–Crippen LogP) is 4.28. The smallest absolute Gasteiger partial charge is 0.123 e. The van der Waals surface area contributed by atoms with Crippen molar-refractivity contribution in [2.75, 3.05) is 18.4 Å². The number of halogens is 1. The second-order valence-electron chi connectivity index (χ2n) is 5.14. The van der Waals surface area contributed by atoms with Crippen molar-refractivity contribution in [2.45, 2.75) is 26.9 Å². The monoisotopic (exact) mass is 286 g/mol. The molecule has 0 heterocycles. The number of benzene rings is 2. The molecule has 1 N–H and O–H groups in total. The number of nitrogens with one attached hydrogen (secondary N) is 1. The van der Waals surface area contributed by atoms with Gasteiger partial charge in [0, 0.05) is 18.8 Å². The first-order chi connectivity index (χ1) is 10.2. The Balaban J connectivity index is 1.90. The lowest BCUT2D eigenvalue weighted by Gasteiger charge is -2.18. The molecule has 0 unspecified atom stereocenters. The van der Waals surface area contributed by atoms with Gasteiger partial charge in [0.2, 0.25) is 0 Å². The third-order valence-electron chi connectivity index (χ3n) is 3.64. The van der Waals surface area contributed by atoms with Gasteiger partial charge in [-0.3, -0.25) is 4.90 Å². The average molecular weight is 286 g/mol. The lowest BCUT2D eigenvalue weighted by Crippen LogP contribution is -2.21. The Morgan fingerprint density at radius 1 is 0.952 bits per heavy atom. The van der Waals surface area contributed by atoms with Crippen LogP contribution in [0.4, 0.5) is 10.1 Å². The molecule has 0 spiro atoms. The van der Waals surface area contributed by atoms with Gasteiger partial charge in [-0.05, 0) is 48.5 Å². The van der Waals surface area contributed by atoms with E-state index in [2.05, 4.69) is 48.3 Å². The maximum Gasteiger partial charge on any atom is 0.123 e. The second kappa shape index (κ2) is 7.79. The van der Waals surface area contributed by atoms with Crippen LogP contribution in [0.2, 0.25) is 0 Å². The normalized spacial score (nSPS) is 10.9. The first-order valence-electron chi connectivity index (χ1n) is 7.51. The highest BCUT2D eigenvalue weighted by molar-refractivity contribution is 5.45. The minimum atomic E-state index is -0.191. The molecule has 0 radical (unpaired) electrons. The SMILES string of the molecule is CCN(CC)Cc1ccc(NCc2cccc(F)c2)cc1. The molecule has 0 aliphatic rings. The lowest BCUT2D eigenvalue weighted by atomic mass is 10.1. The van der Waals surface area contributed by atoms with E-state index in [1.807, 2.05) is 6.07 Å². The summed E-state index contributed by atoms with van der Waals surface area (Å²) in [4.78, 5) is 2.38. The summed E-state index contributed by atoms with van der Waals surface area (Å²) in [5.74, 6) is -0.191. The van der Waals surface area contributed by atoms with Crippen LogP contribution in [0, 0.1) is 5.82 Å². The predicted molar refractivity (Wildman–Crippen MR) is 86.8 cm³/mol. The van der Waals surface area contributed by atoms with Gasteiger partial charge in [0.05, 0.1) is 0 Å². The summed E-state index contributed by atoms with van der Waals surface area (Å²) in [6.07, 6.45) is 0. The van der Waals surface area contributed by atoms with Crippen molar-refractivity contribution >= 4 is 5.69 Å². The molecule has 112 valence electrons. The molecule has 3 heteroatoms. The van der Waals surface area contributed by atoms with Crippen molar-refractivity contribution in [1.82, 2.24) is 4.90 Å². The molecule has 2 aromatic rings. The van der Waals surface area contributed by atoms with Gasteiger partial charge >= 0.3 is 0 Å². The summed E-state index contributed by atoms with van der Waals surface area (Å²) in [6.45, 7) is 8.10. The first-order valence-corrected chi connectivity index (χ1v) is 7.51. The van der Waals surface area contributed by atoms with Crippen molar-refractivity contribution in [3.05, 3.63) is 65.5 Å². The number of hydrogen-bond donors (Lipinski definition) is 1. The van der Waals surface area contributed by atoms with Crippen LogP contribution in [0.15, 0.2) is 48.5 Å². The molecule has 0 aliphatic heterocycles. The van der Waals surface area contributed by atoms with Crippen molar-refractivity contribution in [1.29, 1.82) is 0 Å². The number of hydrogen-bond acceptors (Lipinski definition) is 2. The third kappa shape index (κ3) is 4.87. The Kier molecular flexibility index (Phi) is 5.76. The maximum absolute atomic E-state index is 13.1. The molecule has 0 amide bonds. The average Bonchev–Trinajstić information content (AvgIpc) is 2.52. The molecule has 21 heavy (non-hydrogen) atoms. The zero-order valence-electron chi connectivity index (χ0n) is 12.8. The molecule has 2 aromatic carbocycles. The van der Waals surface area contributed by atoms with Crippen LogP contribution in [-0.2, 0) is 13.1 Å². The number of anilines is 1. The summed E-state index contributed by atoms with van der Waals surface area (Å²) in [6, 6.07) is 15.1. The van der Waals surface area contributed by atoms with Gasteiger partial charge < -0.3 is 5.32 Å². The molecule has 0 saturated carbocycles. The Hall–Kier alpha value is -1.87. The zero-order chi connectivity index (χ0) is 15.1. The van der Waals surface area contributed by atoms with Crippen LogP contribution >= 0.6 is 0 Å². The number of rotatable bonds is 7. The van der Waals surface area contributed by atoms with Crippen LogP contribution in [0.25, 0.3) is 0 Å². The van der Waals surface area contributed by atoms with E-state index < -0.39 is 0 Å². The third-order valence-corrected chi connectivity index (χ3v) is 3.64. The standard InChI is InChI=1S/C18H23FN2/c1-3-21(4-2)14-15-8-10-18(11-9-15)20-13-16-6-5-7-17(19)12-16/h5-12,20H,3-4,13-14H2,1-2H3. The Morgan fingerprint density at radius 3 is 2.29 bits per heavy atom. The van der Waals surface area contributed by atoms with Crippen molar-refractivity contribution in [2.24, 2.45) is 0 Å². The second-order valence-corrected chi connectivity index (χ2v) is 5.14. The fraction of sp³-hybridized carbons (Fsp3) is 0.333. The van der Waals surface area contributed by atoms with E-state index in [9.17, 15) is 4.39 Å². The lowest BCUT2D eigenvalue weighted by molar-refractivity contribution is 0.296. The molecule has 0 atom stereocenters. The summed E-state index contributed by atoms with van der Waals surface area (Å²) in [5.41, 5.74) is 3.32. The van der Waals surface area contributed by atoms with Crippen LogP contribution in [0.1, 0.15) is 25.0 Å². The van der Waals surface area contributed by atoms with Crippen LogP contribution in [0.3, 0.4) is 0 Å². The van der Waals surface area contributed by atoms with Gasteiger partial charge in [-0.15, -0.1) is 0 Å². The van der Waals surface area contributed by atoms with Gasteiger partial charge in [0.15, 0.2) is 0 Å². The largest absolute Gasteiger partial charge is 0.381 e. The summed E-state index contributed by atoms with van der Waals surface area (Å²) in [7, 11) is 0. The Bertz CT molecular complexity index is 547. The summed E-state index contributed by atoms with van der Waals surface area (Å²) in [5, 5.41) is 3.32. The molecule has 0 aliphatic carbocycles. The highest BCUT2D eigenvalue weighted by Crippen LogP contribution is 2.13. The van der Waals surface area contributed by atoms with E-state index in [1.165, 1.54) is 11.6 Å². The highest BCUT2D eigenvalue weighted by Gasteiger charge is 2.01. The van der Waals surface area contributed by atoms with E-state index >= 15 is 0 Å². The molecule has 2 rings (SSSR count). The van der Waals surface area contributed by atoms with E-state index in [0.29, 0.717) is 6.54 Å². The maximum atomic E-state index is 13.1. The Morgan fingerprint density at radius 2 is 1.67 bits per heavy atom. The van der Waals surface area contributed by atoms with Crippen molar-refractivity contribution in [3.8, 4) is 0 Å². The molecule has 0 bridgehead atoms. The van der Waals surface area contributed by atoms with Gasteiger partial charge in [-0.1, -0.05) is 38.1 Å². The highest BCUT2D eigenvalue weighted by atomic mass is 19.1. The fourth-order valence-corrected chi connectivity index (χ4v) is 2.28. The fourth-order valence-electron chi connectivity index (χ4n) is 2.28. The van der Waals surface area contributed by atoms with Crippen LogP contribution in [0.5, 0.6) is 0 Å². The van der Waals surface area contributed by atoms with Crippen LogP contribution in [-0.4, -0.2) is 18.0 Å². The van der Waals surface area contributed by atoms with Crippen molar-refractivity contribution < 1.29 is 4.39 Å². The quantitative estimate of drug-likeness (QED) is 0.817. The van der Waals surface area contributed by atoms with E-state index in [-0.39, 0.29) is 5.82 Å². The molecular formula is C18H23FN2. The molecule has 0 aromatic heterocycles. The molecule has 0 saturated heterocycles. The van der Waals surface area contributed by atoms with Gasteiger partial charge in [0.1, 0.15) is 5.82 Å². The minimum absolute atomic E-state index is 0.191. The molecular weight excluding hydrogens is 263 g/mol.